The number of hydrogen-bond acceptors (Lipinski definition) is 8. The number of nitrogens with zero attached hydrogens (tertiary/aromatic N) is 1. The lowest BCUT2D eigenvalue weighted by atomic mass is 10.1. The summed E-state index contributed by atoms with van der Waals surface area (Å²) in [7, 11) is 1.21. The molecular weight excluding hydrogens is 374 g/mol. The molecule has 2 heterocycles. The van der Waals surface area contributed by atoms with Crippen molar-refractivity contribution >= 4 is 39.4 Å². The molecule has 146 valence electrons. The molecule has 0 unspecified atom stereocenters. The van der Waals surface area contributed by atoms with Crippen LogP contribution in [0, 0.1) is 12.8 Å². The summed E-state index contributed by atoms with van der Waals surface area (Å²) in [5, 5.41) is 2.77. The molecule has 2 rings (SSSR count). The molecule has 27 heavy (non-hydrogen) atoms. The van der Waals surface area contributed by atoms with Gasteiger partial charge in [0.25, 0.3) is 11.5 Å². The average Bonchev–Trinajstić information content (AvgIpc) is 2.95. The standard InChI is InChI=1S/C17H21N3O6S/c1-8(2)6-18-11(21)7-26-12(22)5-10-13-15(23)19-9(3)20-16(13)27-14(10)17(24)25-4/h8H,5-7H2,1-4H3,(H,18,21)(H,19,20,23). The lowest BCUT2D eigenvalue weighted by molar-refractivity contribution is -0.147. The molecule has 1 amide bonds. The summed E-state index contributed by atoms with van der Waals surface area (Å²) < 4.78 is 9.69. The molecule has 0 fully saturated rings. The van der Waals surface area contributed by atoms with E-state index in [4.69, 9.17) is 9.47 Å². The van der Waals surface area contributed by atoms with Gasteiger partial charge in [-0.2, -0.15) is 0 Å². The number of rotatable bonds is 7. The number of aromatic nitrogens is 2. The number of amides is 1. The minimum atomic E-state index is -0.737. The number of fused-ring (bicyclic) bond motifs is 1. The Labute approximate surface area is 159 Å². The molecule has 0 aliphatic heterocycles. The molecule has 0 aliphatic rings. The second-order valence-electron chi connectivity index (χ2n) is 6.27. The van der Waals surface area contributed by atoms with E-state index >= 15 is 0 Å². The Hall–Kier alpha value is -2.75. The molecule has 0 saturated heterocycles. The highest BCUT2D eigenvalue weighted by atomic mass is 32.1. The van der Waals surface area contributed by atoms with Gasteiger partial charge in [-0.05, 0) is 12.8 Å². The number of methoxy groups -OCH3 is 1. The van der Waals surface area contributed by atoms with E-state index in [0.717, 1.165) is 11.3 Å². The topological polar surface area (TPSA) is 127 Å². The number of nitrogens with one attached hydrogen (secondary N) is 2. The summed E-state index contributed by atoms with van der Waals surface area (Å²) in [5.41, 5.74) is -0.274. The molecular formula is C17H21N3O6S. The molecule has 2 N–H and O–H groups in total. The lowest BCUT2D eigenvalue weighted by Crippen LogP contribution is -2.31. The van der Waals surface area contributed by atoms with Gasteiger partial charge in [-0.15, -0.1) is 11.3 Å². The minimum absolute atomic E-state index is 0.109. The Morgan fingerprint density at radius 1 is 1.30 bits per heavy atom. The summed E-state index contributed by atoms with van der Waals surface area (Å²) in [4.78, 5) is 55.3. The van der Waals surface area contributed by atoms with Gasteiger partial charge < -0.3 is 19.8 Å². The second kappa shape index (κ2) is 8.76. The number of carbonyl (C=O) groups is 3. The van der Waals surface area contributed by atoms with Gasteiger partial charge in [0.15, 0.2) is 6.61 Å². The molecule has 0 aromatic carbocycles. The van der Waals surface area contributed by atoms with E-state index in [2.05, 4.69) is 15.3 Å². The number of aryl methyl sites for hydroxylation is 1. The monoisotopic (exact) mass is 395 g/mol. The van der Waals surface area contributed by atoms with Gasteiger partial charge in [-0.25, -0.2) is 9.78 Å². The Morgan fingerprint density at radius 2 is 2.00 bits per heavy atom. The van der Waals surface area contributed by atoms with Crippen molar-refractivity contribution in [2.45, 2.75) is 27.2 Å². The summed E-state index contributed by atoms with van der Waals surface area (Å²) >= 11 is 0.970. The molecule has 0 bridgehead atoms. The molecule has 2 aromatic rings. The second-order valence-corrected chi connectivity index (χ2v) is 7.27. The van der Waals surface area contributed by atoms with Crippen molar-refractivity contribution in [2.75, 3.05) is 20.3 Å². The number of H-pyrrole nitrogens is 1. The van der Waals surface area contributed by atoms with Gasteiger partial charge in [-0.3, -0.25) is 14.4 Å². The van der Waals surface area contributed by atoms with Crippen molar-refractivity contribution in [3.05, 3.63) is 26.6 Å². The average molecular weight is 395 g/mol. The Balaban J connectivity index is 2.21. The lowest BCUT2D eigenvalue weighted by Gasteiger charge is -2.08. The molecule has 0 atom stereocenters. The minimum Gasteiger partial charge on any atom is -0.465 e. The van der Waals surface area contributed by atoms with Crippen molar-refractivity contribution in [3.63, 3.8) is 0 Å². The Kier molecular flexibility index (Phi) is 6.67. The van der Waals surface area contributed by atoms with Crippen LogP contribution in [0.2, 0.25) is 0 Å². The molecule has 0 radical (unpaired) electrons. The predicted molar refractivity (Wildman–Crippen MR) is 98.8 cm³/mol. The highest BCUT2D eigenvalue weighted by molar-refractivity contribution is 7.20. The fraction of sp³-hybridized carbons (Fsp3) is 0.471. The molecule has 10 heteroatoms. The summed E-state index contributed by atoms with van der Waals surface area (Å²) in [6.45, 7) is 5.53. The van der Waals surface area contributed by atoms with Crippen LogP contribution in [0.4, 0.5) is 0 Å². The highest BCUT2D eigenvalue weighted by Crippen LogP contribution is 2.29. The molecule has 0 spiro atoms. The van der Waals surface area contributed by atoms with E-state index in [1.54, 1.807) is 6.92 Å². The van der Waals surface area contributed by atoms with E-state index in [9.17, 15) is 19.2 Å². The third kappa shape index (κ3) is 5.13. The molecule has 0 aliphatic carbocycles. The van der Waals surface area contributed by atoms with Crippen molar-refractivity contribution in [1.82, 2.24) is 15.3 Å². The number of esters is 2. The van der Waals surface area contributed by atoms with Crippen LogP contribution < -0.4 is 10.9 Å². The van der Waals surface area contributed by atoms with Gasteiger partial charge in [0.05, 0.1) is 18.9 Å². The summed E-state index contributed by atoms with van der Waals surface area (Å²) in [6.07, 6.45) is -0.351. The normalized spacial score (nSPS) is 10.9. The van der Waals surface area contributed by atoms with Gasteiger partial charge in [0, 0.05) is 12.1 Å². The third-order valence-corrected chi connectivity index (χ3v) is 4.65. The van der Waals surface area contributed by atoms with Gasteiger partial charge in [0.2, 0.25) is 0 Å². The zero-order chi connectivity index (χ0) is 20.1. The van der Waals surface area contributed by atoms with E-state index in [1.807, 2.05) is 13.8 Å². The Bertz CT molecular complexity index is 931. The molecule has 0 saturated carbocycles. The summed E-state index contributed by atoms with van der Waals surface area (Å²) in [5.74, 6) is -1.17. The van der Waals surface area contributed by atoms with E-state index in [-0.39, 0.29) is 28.2 Å². The van der Waals surface area contributed by atoms with Crippen LogP contribution in [0.15, 0.2) is 4.79 Å². The van der Waals surface area contributed by atoms with Crippen molar-refractivity contribution < 1.29 is 23.9 Å². The van der Waals surface area contributed by atoms with Crippen molar-refractivity contribution in [3.8, 4) is 0 Å². The smallest absolute Gasteiger partial charge is 0.348 e. The largest absolute Gasteiger partial charge is 0.465 e. The van der Waals surface area contributed by atoms with Crippen LogP contribution in [0.25, 0.3) is 10.2 Å². The maximum Gasteiger partial charge on any atom is 0.348 e. The van der Waals surface area contributed by atoms with Crippen LogP contribution >= 0.6 is 11.3 Å². The van der Waals surface area contributed by atoms with Crippen LogP contribution in [-0.2, 0) is 25.5 Å². The first-order valence-electron chi connectivity index (χ1n) is 8.25. The Morgan fingerprint density at radius 3 is 2.63 bits per heavy atom. The number of carbonyl (C=O) groups excluding carboxylic acids is 3. The van der Waals surface area contributed by atoms with Crippen molar-refractivity contribution in [2.24, 2.45) is 5.92 Å². The fourth-order valence-electron chi connectivity index (χ4n) is 2.31. The predicted octanol–water partition coefficient (Wildman–Crippen LogP) is 0.938. The van der Waals surface area contributed by atoms with Gasteiger partial charge in [-0.1, -0.05) is 13.8 Å². The number of hydrogen-bond donors (Lipinski definition) is 2. The van der Waals surface area contributed by atoms with E-state index in [1.165, 1.54) is 7.11 Å². The van der Waals surface area contributed by atoms with Crippen LogP contribution in [0.5, 0.6) is 0 Å². The first kappa shape index (κ1) is 20.6. The van der Waals surface area contributed by atoms with E-state index < -0.39 is 30.0 Å². The highest BCUT2D eigenvalue weighted by Gasteiger charge is 2.25. The zero-order valence-electron chi connectivity index (χ0n) is 15.5. The quantitative estimate of drug-likeness (QED) is 0.668. The van der Waals surface area contributed by atoms with Crippen LogP contribution in [-0.4, -0.2) is 48.1 Å². The SMILES string of the molecule is COC(=O)c1sc2nc(C)[nH]c(=O)c2c1CC(=O)OCC(=O)NCC(C)C. The van der Waals surface area contributed by atoms with E-state index in [0.29, 0.717) is 17.2 Å². The number of thiophene rings is 1. The zero-order valence-corrected chi connectivity index (χ0v) is 16.3. The van der Waals surface area contributed by atoms with Gasteiger partial charge >= 0.3 is 11.9 Å². The summed E-state index contributed by atoms with van der Waals surface area (Å²) in [6, 6.07) is 0. The first-order valence-corrected chi connectivity index (χ1v) is 9.07. The van der Waals surface area contributed by atoms with Crippen LogP contribution in [0.1, 0.15) is 34.9 Å². The van der Waals surface area contributed by atoms with Crippen LogP contribution in [0.3, 0.4) is 0 Å². The first-order chi connectivity index (χ1) is 12.7. The number of ether oxygens (including phenoxy) is 2. The van der Waals surface area contributed by atoms with Crippen molar-refractivity contribution in [1.29, 1.82) is 0 Å². The van der Waals surface area contributed by atoms with Gasteiger partial charge in [0.1, 0.15) is 15.5 Å². The molecule has 2 aromatic heterocycles. The maximum atomic E-state index is 12.3. The number of aromatic amines is 1. The maximum absolute atomic E-state index is 12.3. The fourth-order valence-corrected chi connectivity index (χ4v) is 3.47. The molecule has 9 nitrogen and oxygen atoms in total. The third-order valence-electron chi connectivity index (χ3n) is 3.54.